The Labute approximate surface area is 143 Å². The Bertz CT molecular complexity index is 769. The molecule has 0 fully saturated rings. The molecule has 0 radical (unpaired) electrons. The van der Waals surface area contributed by atoms with Gasteiger partial charge in [0.05, 0.1) is 0 Å². The predicted octanol–water partition coefficient (Wildman–Crippen LogP) is 5.24. The van der Waals surface area contributed by atoms with E-state index in [0.717, 1.165) is 11.3 Å². The number of nitrogens with zero attached hydrogens (tertiary/aromatic N) is 1. The Morgan fingerprint density at radius 1 is 0.875 bits per heavy atom. The molecule has 1 heterocycles. The van der Waals surface area contributed by atoms with Crippen molar-refractivity contribution in [2.24, 2.45) is 0 Å². The van der Waals surface area contributed by atoms with Crippen molar-refractivity contribution in [1.82, 2.24) is 4.98 Å². The summed E-state index contributed by atoms with van der Waals surface area (Å²) in [5, 5.41) is 0. The third kappa shape index (κ3) is 3.77. The van der Waals surface area contributed by atoms with Gasteiger partial charge in [-0.3, -0.25) is 9.78 Å². The smallest absolute Gasteiger partial charge is 0.163 e. The quantitative estimate of drug-likeness (QED) is 0.582. The Hall–Kier alpha value is -2.74. The van der Waals surface area contributed by atoms with Crippen LogP contribution >= 0.6 is 0 Å². The second-order valence-electron chi connectivity index (χ2n) is 6.05. The average Bonchev–Trinajstić information content (AvgIpc) is 2.67. The van der Waals surface area contributed by atoms with Gasteiger partial charge in [-0.1, -0.05) is 73.7 Å². The summed E-state index contributed by atoms with van der Waals surface area (Å²) < 4.78 is 0. The van der Waals surface area contributed by atoms with Gasteiger partial charge < -0.3 is 0 Å². The van der Waals surface area contributed by atoms with Crippen LogP contribution in [0.25, 0.3) is 0 Å². The number of carbonyl (C=O) groups excluding carboxylic acids is 1. The van der Waals surface area contributed by atoms with Crippen molar-refractivity contribution in [1.29, 1.82) is 0 Å². The van der Waals surface area contributed by atoms with Crippen LogP contribution in [0.5, 0.6) is 0 Å². The molecule has 0 aliphatic heterocycles. The lowest BCUT2D eigenvalue weighted by Gasteiger charge is -2.24. The molecule has 3 rings (SSSR count). The van der Waals surface area contributed by atoms with E-state index in [-0.39, 0.29) is 17.6 Å². The highest BCUT2D eigenvalue weighted by molar-refractivity contribution is 5.96. The lowest BCUT2D eigenvalue weighted by Crippen LogP contribution is -2.14. The molecule has 0 amide bonds. The topological polar surface area (TPSA) is 30.0 Å². The molecule has 0 bridgehead atoms. The zero-order chi connectivity index (χ0) is 16.8. The van der Waals surface area contributed by atoms with Crippen molar-refractivity contribution in [2.75, 3.05) is 0 Å². The van der Waals surface area contributed by atoms with Crippen LogP contribution in [0.2, 0.25) is 0 Å². The number of rotatable bonds is 6. The van der Waals surface area contributed by atoms with Crippen molar-refractivity contribution in [3.8, 4) is 0 Å². The average molecular weight is 315 g/mol. The molecule has 2 aromatic carbocycles. The molecule has 120 valence electrons. The van der Waals surface area contributed by atoms with Gasteiger partial charge in [-0.25, -0.2) is 0 Å². The number of benzene rings is 2. The fourth-order valence-electron chi connectivity index (χ4n) is 3.08. The summed E-state index contributed by atoms with van der Waals surface area (Å²) in [7, 11) is 0. The second kappa shape index (κ2) is 7.69. The maximum Gasteiger partial charge on any atom is 0.163 e. The number of ketones is 1. The summed E-state index contributed by atoms with van der Waals surface area (Å²) in [6.45, 7) is 2.15. The third-order valence-electron chi connectivity index (χ3n) is 4.49. The van der Waals surface area contributed by atoms with Crippen molar-refractivity contribution in [2.45, 2.75) is 25.2 Å². The summed E-state index contributed by atoms with van der Waals surface area (Å²) in [6.07, 6.45) is 2.29. The van der Waals surface area contributed by atoms with Crippen molar-refractivity contribution in [3.63, 3.8) is 0 Å². The number of aromatic nitrogens is 1. The van der Waals surface area contributed by atoms with Gasteiger partial charge in [0.15, 0.2) is 5.78 Å². The van der Waals surface area contributed by atoms with E-state index in [9.17, 15) is 4.79 Å². The van der Waals surface area contributed by atoms with Crippen LogP contribution in [0.15, 0.2) is 85.1 Å². The summed E-state index contributed by atoms with van der Waals surface area (Å²) in [5.74, 6) is 0.447. The third-order valence-corrected chi connectivity index (χ3v) is 4.49. The van der Waals surface area contributed by atoms with Crippen LogP contribution in [0.3, 0.4) is 0 Å². The number of hydrogen-bond acceptors (Lipinski definition) is 2. The molecule has 0 saturated carbocycles. The second-order valence-corrected chi connectivity index (χ2v) is 6.05. The van der Waals surface area contributed by atoms with Crippen LogP contribution in [0.4, 0.5) is 0 Å². The summed E-state index contributed by atoms with van der Waals surface area (Å²) >= 11 is 0. The zero-order valence-corrected chi connectivity index (χ0v) is 13.8. The van der Waals surface area contributed by atoms with E-state index in [0.29, 0.717) is 6.42 Å². The van der Waals surface area contributed by atoms with Gasteiger partial charge >= 0.3 is 0 Å². The fourth-order valence-corrected chi connectivity index (χ4v) is 3.08. The van der Waals surface area contributed by atoms with Gasteiger partial charge in [0, 0.05) is 29.8 Å². The highest BCUT2D eigenvalue weighted by Gasteiger charge is 2.25. The Morgan fingerprint density at radius 2 is 1.50 bits per heavy atom. The lowest BCUT2D eigenvalue weighted by molar-refractivity contribution is 0.0970. The minimum atomic E-state index is 0.105. The van der Waals surface area contributed by atoms with Crippen LogP contribution in [0, 0.1) is 0 Å². The molecule has 0 aliphatic rings. The molecular formula is C22H21NO. The molecule has 2 nitrogen and oxygen atoms in total. The van der Waals surface area contributed by atoms with Gasteiger partial charge in [0.2, 0.25) is 0 Å². The monoisotopic (exact) mass is 315 g/mol. The molecular weight excluding hydrogens is 294 g/mol. The van der Waals surface area contributed by atoms with Crippen LogP contribution < -0.4 is 0 Å². The fraction of sp³-hybridized carbons (Fsp3) is 0.182. The number of carbonyl (C=O) groups is 1. The van der Waals surface area contributed by atoms with Crippen molar-refractivity contribution >= 4 is 5.78 Å². The van der Waals surface area contributed by atoms with Crippen LogP contribution in [0.1, 0.15) is 46.8 Å². The van der Waals surface area contributed by atoms with E-state index in [2.05, 4.69) is 24.0 Å². The normalized spacial score (nSPS) is 13.2. The number of pyridine rings is 1. The first kappa shape index (κ1) is 16.1. The maximum absolute atomic E-state index is 12.7. The van der Waals surface area contributed by atoms with E-state index in [1.807, 2.05) is 72.9 Å². The van der Waals surface area contributed by atoms with Crippen LogP contribution in [-0.2, 0) is 0 Å². The molecule has 2 atom stereocenters. The summed E-state index contributed by atoms with van der Waals surface area (Å²) in [4.78, 5) is 17.2. The zero-order valence-electron chi connectivity index (χ0n) is 13.8. The molecule has 3 aromatic rings. The van der Waals surface area contributed by atoms with Gasteiger partial charge in [-0.15, -0.1) is 0 Å². The highest BCUT2D eigenvalue weighted by Crippen LogP contribution is 2.35. The predicted molar refractivity (Wildman–Crippen MR) is 97.2 cm³/mol. The Morgan fingerprint density at radius 3 is 2.12 bits per heavy atom. The standard InChI is InChI=1S/C22H21NO/c1-17(21-14-8-9-15-23-21)20(18-10-4-2-5-11-18)16-22(24)19-12-6-3-7-13-19/h2-15,17,20H,16H2,1H3. The first-order chi connectivity index (χ1) is 11.8. The molecule has 1 aromatic heterocycles. The molecule has 2 heteroatoms. The molecule has 24 heavy (non-hydrogen) atoms. The summed E-state index contributed by atoms with van der Waals surface area (Å²) in [5.41, 5.74) is 2.97. The van der Waals surface area contributed by atoms with Crippen molar-refractivity contribution < 1.29 is 4.79 Å². The van der Waals surface area contributed by atoms with E-state index in [1.165, 1.54) is 5.56 Å². The van der Waals surface area contributed by atoms with E-state index >= 15 is 0 Å². The van der Waals surface area contributed by atoms with E-state index in [4.69, 9.17) is 0 Å². The molecule has 0 saturated heterocycles. The van der Waals surface area contributed by atoms with E-state index < -0.39 is 0 Å². The maximum atomic E-state index is 12.7. The Balaban J connectivity index is 1.90. The minimum Gasteiger partial charge on any atom is -0.294 e. The van der Waals surface area contributed by atoms with Crippen molar-refractivity contribution in [3.05, 3.63) is 102 Å². The van der Waals surface area contributed by atoms with Crippen LogP contribution in [-0.4, -0.2) is 10.8 Å². The van der Waals surface area contributed by atoms with Gasteiger partial charge in [-0.05, 0) is 23.6 Å². The minimum absolute atomic E-state index is 0.105. The van der Waals surface area contributed by atoms with E-state index in [1.54, 1.807) is 0 Å². The lowest BCUT2D eigenvalue weighted by atomic mass is 9.80. The first-order valence-electron chi connectivity index (χ1n) is 8.30. The SMILES string of the molecule is CC(c1ccccn1)C(CC(=O)c1ccccc1)c1ccccc1. The largest absolute Gasteiger partial charge is 0.294 e. The molecule has 0 spiro atoms. The van der Waals surface area contributed by atoms with Gasteiger partial charge in [-0.2, -0.15) is 0 Å². The summed E-state index contributed by atoms with van der Waals surface area (Å²) in [6, 6.07) is 25.7. The first-order valence-corrected chi connectivity index (χ1v) is 8.30. The van der Waals surface area contributed by atoms with Gasteiger partial charge in [0.1, 0.15) is 0 Å². The van der Waals surface area contributed by atoms with Gasteiger partial charge in [0.25, 0.3) is 0 Å². The molecule has 2 unspecified atom stereocenters. The highest BCUT2D eigenvalue weighted by atomic mass is 16.1. The Kier molecular flexibility index (Phi) is 5.17. The number of hydrogen-bond donors (Lipinski definition) is 0. The number of Topliss-reactive ketones (excluding diaryl/α,β-unsaturated/α-hetero) is 1. The molecule has 0 N–H and O–H groups in total. The molecule has 0 aliphatic carbocycles.